The topological polar surface area (TPSA) is 41.5 Å². The van der Waals surface area contributed by atoms with E-state index in [0.717, 1.165) is 13.0 Å². The molecule has 0 aliphatic carbocycles. The highest BCUT2D eigenvalue weighted by atomic mass is 31.0. The monoisotopic (exact) mass is 132 g/mol. The van der Waals surface area contributed by atoms with Gasteiger partial charge in [0.25, 0.3) is 0 Å². The van der Waals surface area contributed by atoms with Gasteiger partial charge in [-0.3, -0.25) is 0 Å². The van der Waals surface area contributed by atoms with Gasteiger partial charge >= 0.3 is 0 Å². The summed E-state index contributed by atoms with van der Waals surface area (Å²) in [5.41, 5.74) is 0. The molecule has 0 aromatic rings. The molecular formula is C4H9N2OP. The molecule has 1 aliphatic heterocycles. The van der Waals surface area contributed by atoms with Crippen LogP contribution in [-0.4, -0.2) is 18.4 Å². The Bertz CT molecular complexity index is 98.0. The first kappa shape index (κ1) is 6.12. The van der Waals surface area contributed by atoms with E-state index in [1.165, 1.54) is 0 Å². The minimum Gasteiger partial charge on any atom is -0.308 e. The molecule has 1 aliphatic rings. The first-order valence-corrected chi connectivity index (χ1v) is 3.31. The van der Waals surface area contributed by atoms with Crippen LogP contribution in [-0.2, 0) is 0 Å². The highest BCUT2D eigenvalue weighted by molar-refractivity contribution is 7.17. The van der Waals surface area contributed by atoms with Crippen molar-refractivity contribution in [2.75, 3.05) is 6.54 Å². The molecule has 0 saturated carbocycles. The van der Waals surface area contributed by atoms with Gasteiger partial charge in [-0.05, 0) is 6.42 Å². The molecule has 4 heteroatoms. The number of rotatable bonds is 1. The van der Waals surface area contributed by atoms with E-state index in [1.54, 1.807) is 0 Å². The Balaban J connectivity index is 2.32. The number of hydrogen-bond acceptors (Lipinski definition) is 3. The summed E-state index contributed by atoms with van der Waals surface area (Å²) in [5, 5.41) is 6.00. The maximum absolute atomic E-state index is 9.85. The van der Waals surface area contributed by atoms with Crippen molar-refractivity contribution < 1.29 is 0 Å². The minimum atomic E-state index is 0.0116. The fourth-order valence-electron chi connectivity index (χ4n) is 0.828. The predicted molar refractivity (Wildman–Crippen MR) is 35.7 cm³/mol. The molecule has 0 amide bonds. The fraction of sp³-hybridized carbons (Fsp3) is 1.00. The van der Waals surface area contributed by atoms with Gasteiger partial charge in [0, 0.05) is 12.3 Å². The van der Waals surface area contributed by atoms with Crippen molar-refractivity contribution in [1.82, 2.24) is 5.32 Å². The Kier molecular flexibility index (Phi) is 1.92. The molecule has 0 aromatic carbocycles. The second kappa shape index (κ2) is 2.51. The van der Waals surface area contributed by atoms with Crippen LogP contribution in [0.4, 0.5) is 0 Å². The second-order valence-electron chi connectivity index (χ2n) is 2.01. The lowest BCUT2D eigenvalue weighted by molar-refractivity contribution is 0.736. The molecule has 0 aromatic heterocycles. The summed E-state index contributed by atoms with van der Waals surface area (Å²) in [4.78, 5) is 9.85. The summed E-state index contributed by atoms with van der Waals surface area (Å²) in [6, 6.07) is 0.0116. The van der Waals surface area contributed by atoms with Gasteiger partial charge in [0.15, 0.2) is 0 Å². The molecule has 8 heavy (non-hydrogen) atoms. The van der Waals surface area contributed by atoms with Crippen molar-refractivity contribution in [1.29, 1.82) is 0 Å². The van der Waals surface area contributed by atoms with Crippen LogP contribution in [0.2, 0.25) is 0 Å². The van der Waals surface area contributed by atoms with Crippen LogP contribution in [0.15, 0.2) is 5.18 Å². The molecule has 3 nitrogen and oxygen atoms in total. The van der Waals surface area contributed by atoms with Crippen molar-refractivity contribution in [3.8, 4) is 0 Å². The van der Waals surface area contributed by atoms with Crippen molar-refractivity contribution in [3.05, 3.63) is 4.91 Å². The third-order valence-corrected chi connectivity index (χ3v) is 1.80. The maximum Gasteiger partial charge on any atom is 0.106 e. The fourth-order valence-corrected chi connectivity index (χ4v) is 1.28. The summed E-state index contributed by atoms with van der Waals surface area (Å²) in [5.74, 6) is 0.401. The molecule has 1 rings (SSSR count). The molecule has 1 N–H and O–H groups in total. The summed E-state index contributed by atoms with van der Waals surface area (Å²) >= 11 is 0. The van der Waals surface area contributed by atoms with E-state index in [9.17, 15) is 4.91 Å². The van der Waals surface area contributed by atoms with Crippen LogP contribution in [0.3, 0.4) is 0 Å². The van der Waals surface area contributed by atoms with Crippen molar-refractivity contribution >= 4 is 9.24 Å². The summed E-state index contributed by atoms with van der Waals surface area (Å²) in [7, 11) is 2.62. The second-order valence-corrected chi connectivity index (χ2v) is 2.81. The lowest BCUT2D eigenvalue weighted by Gasteiger charge is -1.95. The molecule has 46 valence electrons. The van der Waals surface area contributed by atoms with Gasteiger partial charge in [-0.25, -0.2) is 0 Å². The van der Waals surface area contributed by atoms with Gasteiger partial charge in [-0.1, -0.05) is 5.18 Å². The average Bonchev–Trinajstić information content (AvgIpc) is 2.14. The number of nitrogens with zero attached hydrogens (tertiary/aromatic N) is 1. The first-order chi connectivity index (χ1) is 3.83. The molecular weight excluding hydrogens is 123 g/mol. The Morgan fingerprint density at radius 1 is 1.75 bits per heavy atom. The highest BCUT2D eigenvalue weighted by Crippen LogP contribution is 2.13. The van der Waals surface area contributed by atoms with Crippen LogP contribution < -0.4 is 5.32 Å². The molecule has 3 unspecified atom stereocenters. The first-order valence-electron chi connectivity index (χ1n) is 2.64. The van der Waals surface area contributed by atoms with E-state index in [1.807, 2.05) is 0 Å². The largest absolute Gasteiger partial charge is 0.308 e. The lowest BCUT2D eigenvalue weighted by atomic mass is 10.3. The minimum absolute atomic E-state index is 0.0116. The third kappa shape index (κ3) is 1.23. The van der Waals surface area contributed by atoms with Crippen molar-refractivity contribution in [2.24, 2.45) is 5.18 Å². The molecule has 0 spiro atoms. The zero-order valence-electron chi connectivity index (χ0n) is 4.50. The maximum atomic E-state index is 9.85. The van der Waals surface area contributed by atoms with Gasteiger partial charge in [0.05, 0.1) is 0 Å². The van der Waals surface area contributed by atoms with Crippen LogP contribution >= 0.6 is 9.24 Å². The smallest absolute Gasteiger partial charge is 0.106 e. The predicted octanol–water partition coefficient (Wildman–Crippen LogP) is 0.316. The molecule has 1 fully saturated rings. The number of hydrogen-bond donors (Lipinski definition) is 1. The van der Waals surface area contributed by atoms with E-state index in [4.69, 9.17) is 0 Å². The van der Waals surface area contributed by atoms with Gasteiger partial charge in [0.1, 0.15) is 6.04 Å². The lowest BCUT2D eigenvalue weighted by Crippen LogP contribution is -2.14. The van der Waals surface area contributed by atoms with E-state index in [0.29, 0.717) is 5.78 Å². The highest BCUT2D eigenvalue weighted by Gasteiger charge is 2.20. The Labute approximate surface area is 50.4 Å². The van der Waals surface area contributed by atoms with Gasteiger partial charge in [-0.2, -0.15) is 4.91 Å². The number of nitrogens with one attached hydrogen (secondary N) is 1. The summed E-state index contributed by atoms with van der Waals surface area (Å²) < 4.78 is 0. The standard InChI is InChI=1S/C4H9N2OP/c7-6-3-1-4(8)5-2-3/h3-5H,1-2,8H2. The molecule has 0 radical (unpaired) electrons. The van der Waals surface area contributed by atoms with E-state index in [2.05, 4.69) is 19.7 Å². The van der Waals surface area contributed by atoms with E-state index in [-0.39, 0.29) is 6.04 Å². The average molecular weight is 132 g/mol. The molecule has 3 atom stereocenters. The Morgan fingerprint density at radius 3 is 2.75 bits per heavy atom. The molecule has 1 saturated heterocycles. The van der Waals surface area contributed by atoms with Crippen LogP contribution in [0.1, 0.15) is 6.42 Å². The van der Waals surface area contributed by atoms with Crippen LogP contribution in [0.5, 0.6) is 0 Å². The molecule has 0 bridgehead atoms. The number of nitroso groups, excluding NO2 is 1. The zero-order valence-corrected chi connectivity index (χ0v) is 5.66. The van der Waals surface area contributed by atoms with E-state index < -0.39 is 0 Å². The van der Waals surface area contributed by atoms with Crippen LogP contribution in [0.25, 0.3) is 0 Å². The normalized spacial score (nSPS) is 37.6. The van der Waals surface area contributed by atoms with Gasteiger partial charge < -0.3 is 5.32 Å². The van der Waals surface area contributed by atoms with Gasteiger partial charge in [-0.15, -0.1) is 9.24 Å². The van der Waals surface area contributed by atoms with Gasteiger partial charge in [0.2, 0.25) is 0 Å². The van der Waals surface area contributed by atoms with Crippen LogP contribution in [0, 0.1) is 4.91 Å². The summed E-state index contributed by atoms with van der Waals surface area (Å²) in [6.07, 6.45) is 0.869. The van der Waals surface area contributed by atoms with E-state index >= 15 is 0 Å². The zero-order chi connectivity index (χ0) is 5.98. The Morgan fingerprint density at radius 2 is 2.50 bits per heavy atom. The summed E-state index contributed by atoms with van der Waals surface area (Å²) in [6.45, 7) is 0.748. The molecule has 1 heterocycles. The third-order valence-electron chi connectivity index (χ3n) is 1.29. The van der Waals surface area contributed by atoms with Crippen molar-refractivity contribution in [2.45, 2.75) is 18.2 Å². The Hall–Kier alpha value is -0.0100. The SMILES string of the molecule is O=NC1CNC(P)C1. The van der Waals surface area contributed by atoms with Crippen molar-refractivity contribution in [3.63, 3.8) is 0 Å². The quantitative estimate of drug-likeness (QED) is 0.412.